The molecule has 0 saturated heterocycles. The van der Waals surface area contributed by atoms with E-state index in [2.05, 4.69) is 56.2 Å². The van der Waals surface area contributed by atoms with Gasteiger partial charge in [0.05, 0.1) is 24.9 Å². The van der Waals surface area contributed by atoms with Gasteiger partial charge in [0.2, 0.25) is 0 Å². The number of benzene rings is 2. The molecule has 1 aliphatic rings. The normalized spacial score (nSPS) is 20.4. The van der Waals surface area contributed by atoms with Crippen molar-refractivity contribution in [3.8, 4) is 5.75 Å². The van der Waals surface area contributed by atoms with Crippen molar-refractivity contribution in [3.05, 3.63) is 57.7 Å². The third-order valence-electron chi connectivity index (χ3n) is 5.51. The van der Waals surface area contributed by atoms with Crippen molar-refractivity contribution in [1.82, 2.24) is 15.1 Å². The van der Waals surface area contributed by atoms with E-state index in [1.165, 1.54) is 11.1 Å². The van der Waals surface area contributed by atoms with Gasteiger partial charge in [-0.15, -0.1) is 0 Å². The first kappa shape index (κ1) is 19.4. The van der Waals surface area contributed by atoms with Crippen molar-refractivity contribution in [1.29, 1.82) is 0 Å². The molecule has 0 aliphatic carbocycles. The lowest BCUT2D eigenvalue weighted by Crippen LogP contribution is -2.47. The number of halogens is 2. The minimum Gasteiger partial charge on any atom is -0.496 e. The summed E-state index contributed by atoms with van der Waals surface area (Å²) in [5.74, 6) is 0.799. The summed E-state index contributed by atoms with van der Waals surface area (Å²) in [6.07, 6.45) is 2.75. The van der Waals surface area contributed by atoms with Gasteiger partial charge in [-0.3, -0.25) is 10.00 Å². The second-order valence-corrected chi connectivity index (χ2v) is 9.11. The Labute approximate surface area is 173 Å². The maximum Gasteiger partial charge on any atom is 0.125 e. The number of aromatic nitrogens is 2. The zero-order chi connectivity index (χ0) is 20.1. The molecule has 3 aromatic rings. The van der Waals surface area contributed by atoms with Crippen LogP contribution in [0.25, 0.3) is 10.9 Å². The van der Waals surface area contributed by atoms with Crippen LogP contribution in [-0.2, 0) is 6.42 Å². The van der Waals surface area contributed by atoms with Crippen molar-refractivity contribution in [2.75, 3.05) is 13.7 Å². The average Bonchev–Trinajstić information content (AvgIpc) is 3.11. The highest BCUT2D eigenvalue weighted by molar-refractivity contribution is 9.10. The highest BCUT2D eigenvalue weighted by Crippen LogP contribution is 2.44. The van der Waals surface area contributed by atoms with E-state index in [0.29, 0.717) is 6.54 Å². The number of hydrogen-bond acceptors (Lipinski definition) is 3. The maximum absolute atomic E-state index is 14.8. The van der Waals surface area contributed by atoms with E-state index < -0.39 is 5.67 Å². The molecule has 6 heteroatoms. The van der Waals surface area contributed by atoms with E-state index in [9.17, 15) is 4.39 Å². The molecular weight excluding hydrogens is 421 g/mol. The van der Waals surface area contributed by atoms with Gasteiger partial charge in [-0.2, -0.15) is 5.10 Å². The molecule has 28 heavy (non-hydrogen) atoms. The molecule has 0 amide bonds. The predicted molar refractivity (Wildman–Crippen MR) is 114 cm³/mol. The molecule has 4 nitrogen and oxygen atoms in total. The van der Waals surface area contributed by atoms with Gasteiger partial charge < -0.3 is 4.74 Å². The van der Waals surface area contributed by atoms with Crippen LogP contribution in [0, 0.1) is 0 Å². The van der Waals surface area contributed by atoms with Crippen LogP contribution in [0.15, 0.2) is 41.0 Å². The summed E-state index contributed by atoms with van der Waals surface area (Å²) in [6.45, 7) is 5.81. The van der Waals surface area contributed by atoms with Crippen molar-refractivity contribution >= 4 is 26.8 Å². The number of H-pyrrole nitrogens is 1. The smallest absolute Gasteiger partial charge is 0.125 e. The molecule has 0 bridgehead atoms. The van der Waals surface area contributed by atoms with Gasteiger partial charge in [-0.25, -0.2) is 4.39 Å². The lowest BCUT2D eigenvalue weighted by atomic mass is 9.82. The Hall–Kier alpha value is -1.92. The SMILES string of the molecule is COc1cc(Br)ccc1C1c2ccc3[nH]ncc3c2C[C@@H](C)N1CC(C)(C)F. The summed E-state index contributed by atoms with van der Waals surface area (Å²) in [4.78, 5) is 2.26. The van der Waals surface area contributed by atoms with Crippen LogP contribution in [-0.4, -0.2) is 40.5 Å². The highest BCUT2D eigenvalue weighted by Gasteiger charge is 2.38. The monoisotopic (exact) mass is 445 g/mol. The largest absolute Gasteiger partial charge is 0.496 e. The second-order valence-electron chi connectivity index (χ2n) is 8.20. The quantitative estimate of drug-likeness (QED) is 0.582. The lowest BCUT2D eigenvalue weighted by molar-refractivity contribution is 0.0672. The Kier molecular flexibility index (Phi) is 4.96. The fraction of sp³-hybridized carbons (Fsp3) is 0.409. The van der Waals surface area contributed by atoms with Gasteiger partial charge in [-0.05, 0) is 56.5 Å². The predicted octanol–water partition coefficient (Wildman–Crippen LogP) is 5.42. The van der Waals surface area contributed by atoms with Crippen LogP contribution >= 0.6 is 15.9 Å². The third kappa shape index (κ3) is 3.44. The maximum atomic E-state index is 14.8. The molecule has 1 N–H and O–H groups in total. The Balaban J connectivity index is 1.94. The Morgan fingerprint density at radius 3 is 2.75 bits per heavy atom. The van der Waals surface area contributed by atoms with Crippen LogP contribution < -0.4 is 4.74 Å². The van der Waals surface area contributed by atoms with E-state index in [0.717, 1.165) is 33.1 Å². The van der Waals surface area contributed by atoms with Gasteiger partial charge in [-0.1, -0.05) is 28.1 Å². The topological polar surface area (TPSA) is 41.1 Å². The van der Waals surface area contributed by atoms with Crippen LogP contribution in [0.1, 0.15) is 43.5 Å². The lowest BCUT2D eigenvalue weighted by Gasteiger charge is -2.44. The van der Waals surface area contributed by atoms with Gasteiger partial charge in [0.25, 0.3) is 0 Å². The van der Waals surface area contributed by atoms with Gasteiger partial charge in [0.15, 0.2) is 0 Å². The summed E-state index contributed by atoms with van der Waals surface area (Å²) in [5, 5.41) is 8.43. The Morgan fingerprint density at radius 2 is 2.04 bits per heavy atom. The number of hydrogen-bond donors (Lipinski definition) is 1. The number of aromatic amines is 1. The van der Waals surface area contributed by atoms with Gasteiger partial charge >= 0.3 is 0 Å². The molecule has 0 radical (unpaired) electrons. The van der Waals surface area contributed by atoms with Crippen LogP contribution in [0.3, 0.4) is 0 Å². The molecule has 1 aliphatic heterocycles. The fourth-order valence-electron chi connectivity index (χ4n) is 4.36. The summed E-state index contributed by atoms with van der Waals surface area (Å²) in [6, 6.07) is 10.4. The molecule has 0 fully saturated rings. The second kappa shape index (κ2) is 7.16. The fourth-order valence-corrected chi connectivity index (χ4v) is 4.70. The first-order valence-electron chi connectivity index (χ1n) is 9.51. The average molecular weight is 446 g/mol. The van der Waals surface area contributed by atoms with E-state index in [-0.39, 0.29) is 12.1 Å². The van der Waals surface area contributed by atoms with Crippen LogP contribution in [0.2, 0.25) is 0 Å². The Morgan fingerprint density at radius 1 is 1.29 bits per heavy atom. The first-order valence-corrected chi connectivity index (χ1v) is 10.3. The van der Waals surface area contributed by atoms with E-state index >= 15 is 0 Å². The summed E-state index contributed by atoms with van der Waals surface area (Å²) in [7, 11) is 1.68. The molecule has 4 rings (SSSR count). The number of alkyl halides is 1. The number of methoxy groups -OCH3 is 1. The number of nitrogens with zero attached hydrogens (tertiary/aromatic N) is 2. The minimum atomic E-state index is -1.30. The molecule has 148 valence electrons. The van der Waals surface area contributed by atoms with Gasteiger partial charge in [0.1, 0.15) is 11.4 Å². The van der Waals surface area contributed by atoms with Crippen LogP contribution in [0.4, 0.5) is 4.39 Å². The summed E-state index contributed by atoms with van der Waals surface area (Å²) < 4.78 is 21.4. The van der Waals surface area contributed by atoms with Gasteiger partial charge in [0, 0.05) is 28.0 Å². The molecule has 2 aromatic carbocycles. The number of ether oxygens (including phenoxy) is 1. The molecule has 0 spiro atoms. The number of rotatable bonds is 4. The molecular formula is C22H25BrFN3O. The zero-order valence-electron chi connectivity index (χ0n) is 16.6. The zero-order valence-corrected chi connectivity index (χ0v) is 18.2. The number of nitrogens with one attached hydrogen (secondary N) is 1. The van der Waals surface area contributed by atoms with Crippen molar-refractivity contribution in [2.24, 2.45) is 0 Å². The highest BCUT2D eigenvalue weighted by atomic mass is 79.9. The molecule has 1 unspecified atom stereocenters. The van der Waals surface area contributed by atoms with Crippen molar-refractivity contribution < 1.29 is 9.13 Å². The van der Waals surface area contributed by atoms with E-state index in [4.69, 9.17) is 4.74 Å². The molecule has 1 aromatic heterocycles. The first-order chi connectivity index (χ1) is 13.3. The van der Waals surface area contributed by atoms with Crippen molar-refractivity contribution in [2.45, 2.75) is 44.9 Å². The summed E-state index contributed by atoms with van der Waals surface area (Å²) in [5.41, 5.74) is 3.25. The van der Waals surface area contributed by atoms with Crippen molar-refractivity contribution in [3.63, 3.8) is 0 Å². The van der Waals surface area contributed by atoms with E-state index in [1.54, 1.807) is 21.0 Å². The minimum absolute atomic E-state index is 0.0869. The molecule has 2 heterocycles. The number of fused-ring (bicyclic) bond motifs is 3. The van der Waals surface area contributed by atoms with E-state index in [1.807, 2.05) is 18.3 Å². The standard InChI is InChI=1S/C22H25BrFN3O/c1-13-9-17-15(7-8-19-18(17)11-25-26-19)21(27(13)12-22(2,3)24)16-6-5-14(23)10-20(16)28-4/h5-8,10-11,13,21H,9,12H2,1-4H3,(H,25,26)/t13-,21?/m1/s1. The molecule has 2 atom stereocenters. The summed E-state index contributed by atoms with van der Waals surface area (Å²) >= 11 is 3.53. The Bertz CT molecular complexity index is 1010. The molecule has 0 saturated carbocycles. The third-order valence-corrected chi connectivity index (χ3v) is 6.01. The van der Waals surface area contributed by atoms with Crippen LogP contribution in [0.5, 0.6) is 5.75 Å².